The van der Waals surface area contributed by atoms with Crippen LogP contribution in [-0.4, -0.2) is 44.1 Å². The second-order valence-corrected chi connectivity index (χ2v) is 6.11. The molecule has 0 spiro atoms. The predicted octanol–water partition coefficient (Wildman–Crippen LogP) is 1.89. The molecule has 0 aromatic carbocycles. The summed E-state index contributed by atoms with van der Waals surface area (Å²) in [6.07, 6.45) is 7.91. The van der Waals surface area contributed by atoms with Gasteiger partial charge in [0, 0.05) is 44.6 Å². The Balaban J connectivity index is 1.59. The van der Waals surface area contributed by atoms with Crippen molar-refractivity contribution in [3.8, 4) is 0 Å². The Morgan fingerprint density at radius 2 is 2.41 bits per heavy atom. The van der Waals surface area contributed by atoms with Gasteiger partial charge in [-0.15, -0.1) is 0 Å². The van der Waals surface area contributed by atoms with Crippen molar-refractivity contribution in [2.24, 2.45) is 5.92 Å². The molecule has 0 saturated heterocycles. The van der Waals surface area contributed by atoms with E-state index in [4.69, 9.17) is 0 Å². The highest BCUT2D eigenvalue weighted by atomic mass is 16.2. The summed E-state index contributed by atoms with van der Waals surface area (Å²) >= 11 is 0. The van der Waals surface area contributed by atoms with Gasteiger partial charge in [0.05, 0.1) is 0 Å². The van der Waals surface area contributed by atoms with Crippen molar-refractivity contribution >= 4 is 5.91 Å². The largest absolute Gasteiger partial charge is 0.340 e. The van der Waals surface area contributed by atoms with Crippen LogP contribution in [0, 0.1) is 5.92 Å². The van der Waals surface area contributed by atoms with Crippen LogP contribution in [0.15, 0.2) is 18.5 Å². The summed E-state index contributed by atoms with van der Waals surface area (Å²) < 4.78 is 2.19. The third kappa shape index (κ3) is 3.05. The number of amides is 1. The quantitative estimate of drug-likeness (QED) is 0.917. The van der Waals surface area contributed by atoms with Crippen LogP contribution in [-0.2, 0) is 19.4 Å². The molecule has 3 rings (SSSR count). The van der Waals surface area contributed by atoms with Gasteiger partial charge in [0.15, 0.2) is 0 Å². The lowest BCUT2D eigenvalue weighted by Gasteiger charge is -2.27. The van der Waals surface area contributed by atoms with Crippen LogP contribution in [0.25, 0.3) is 0 Å². The molecule has 6 heteroatoms. The Labute approximate surface area is 130 Å². The number of carbonyl (C=O) groups excluding carboxylic acids is 1. The van der Waals surface area contributed by atoms with E-state index in [-0.39, 0.29) is 5.91 Å². The fraction of sp³-hybridized carbons (Fsp3) is 0.562. The minimum Gasteiger partial charge on any atom is -0.340 e. The number of H-pyrrole nitrogens is 1. The second-order valence-electron chi connectivity index (χ2n) is 6.11. The number of fused-ring (bicyclic) bond motifs is 1. The van der Waals surface area contributed by atoms with Crippen LogP contribution in [0.4, 0.5) is 0 Å². The normalized spacial score (nSPS) is 17.3. The number of hydrogen-bond donors (Lipinski definition) is 1. The van der Waals surface area contributed by atoms with Crippen LogP contribution < -0.4 is 0 Å². The number of aromatic nitrogens is 4. The Morgan fingerprint density at radius 1 is 1.55 bits per heavy atom. The van der Waals surface area contributed by atoms with E-state index >= 15 is 0 Å². The summed E-state index contributed by atoms with van der Waals surface area (Å²) in [5.41, 5.74) is 1.55. The summed E-state index contributed by atoms with van der Waals surface area (Å²) in [7, 11) is 1.86. The highest BCUT2D eigenvalue weighted by molar-refractivity contribution is 5.92. The molecule has 0 unspecified atom stereocenters. The van der Waals surface area contributed by atoms with Crippen LogP contribution in [0.5, 0.6) is 0 Å². The Morgan fingerprint density at radius 3 is 3.23 bits per heavy atom. The van der Waals surface area contributed by atoms with E-state index in [0.717, 1.165) is 50.3 Å². The summed E-state index contributed by atoms with van der Waals surface area (Å²) in [5.74, 6) is 1.63. The SMILES string of the molecule is CCCc1cc(C(=O)N(C)C[C@@H]2CCc3nccn3C2)n[nH]1. The van der Waals surface area contributed by atoms with Crippen molar-refractivity contribution in [3.63, 3.8) is 0 Å². The minimum absolute atomic E-state index is 0.00460. The summed E-state index contributed by atoms with van der Waals surface area (Å²) in [4.78, 5) is 18.6. The average Bonchev–Trinajstić information content (AvgIpc) is 3.15. The molecule has 2 aromatic rings. The van der Waals surface area contributed by atoms with Crippen molar-refractivity contribution in [1.29, 1.82) is 0 Å². The molecular weight excluding hydrogens is 278 g/mol. The average molecular weight is 301 g/mol. The molecule has 2 aromatic heterocycles. The fourth-order valence-corrected chi connectivity index (χ4v) is 3.12. The first-order chi connectivity index (χ1) is 10.7. The zero-order valence-electron chi connectivity index (χ0n) is 13.2. The molecule has 0 saturated carbocycles. The van der Waals surface area contributed by atoms with Crippen molar-refractivity contribution in [2.75, 3.05) is 13.6 Å². The molecule has 0 bridgehead atoms. The van der Waals surface area contributed by atoms with Crippen LogP contribution in [0.1, 0.15) is 41.8 Å². The maximum absolute atomic E-state index is 12.5. The molecule has 1 aliphatic heterocycles. The fourth-order valence-electron chi connectivity index (χ4n) is 3.12. The van der Waals surface area contributed by atoms with Crippen molar-refractivity contribution in [1.82, 2.24) is 24.6 Å². The number of aryl methyl sites for hydroxylation is 2. The monoisotopic (exact) mass is 301 g/mol. The van der Waals surface area contributed by atoms with Gasteiger partial charge in [-0.2, -0.15) is 5.10 Å². The molecule has 1 N–H and O–H groups in total. The molecule has 118 valence electrons. The molecular formula is C16H23N5O. The number of imidazole rings is 1. The Kier molecular flexibility index (Phi) is 4.27. The highest BCUT2D eigenvalue weighted by Crippen LogP contribution is 2.20. The molecule has 1 aliphatic rings. The summed E-state index contributed by atoms with van der Waals surface area (Å²) in [5, 5.41) is 7.09. The van der Waals surface area contributed by atoms with Gasteiger partial charge >= 0.3 is 0 Å². The van der Waals surface area contributed by atoms with Crippen LogP contribution in [0.2, 0.25) is 0 Å². The van der Waals surface area contributed by atoms with Gasteiger partial charge in [0.25, 0.3) is 5.91 Å². The van der Waals surface area contributed by atoms with E-state index in [0.29, 0.717) is 11.6 Å². The van der Waals surface area contributed by atoms with Gasteiger partial charge in [-0.3, -0.25) is 9.89 Å². The first-order valence-electron chi connectivity index (χ1n) is 7.97. The van der Waals surface area contributed by atoms with E-state index in [1.165, 1.54) is 0 Å². The minimum atomic E-state index is -0.00460. The Hall–Kier alpha value is -2.11. The second kappa shape index (κ2) is 6.34. The number of hydrogen-bond acceptors (Lipinski definition) is 3. The number of nitrogens with zero attached hydrogens (tertiary/aromatic N) is 4. The van der Waals surface area contributed by atoms with Crippen molar-refractivity contribution in [3.05, 3.63) is 35.7 Å². The number of aromatic amines is 1. The van der Waals surface area contributed by atoms with Gasteiger partial charge in [-0.25, -0.2) is 4.98 Å². The Bertz CT molecular complexity index is 645. The van der Waals surface area contributed by atoms with E-state index in [2.05, 4.69) is 26.7 Å². The third-order valence-electron chi connectivity index (χ3n) is 4.28. The molecule has 6 nitrogen and oxygen atoms in total. The van der Waals surface area contributed by atoms with Gasteiger partial charge in [0.2, 0.25) is 0 Å². The molecule has 3 heterocycles. The number of carbonyl (C=O) groups is 1. The van der Waals surface area contributed by atoms with E-state index in [9.17, 15) is 4.79 Å². The maximum atomic E-state index is 12.5. The van der Waals surface area contributed by atoms with E-state index in [1.807, 2.05) is 25.5 Å². The highest BCUT2D eigenvalue weighted by Gasteiger charge is 2.23. The molecule has 1 amide bonds. The lowest BCUT2D eigenvalue weighted by molar-refractivity contribution is 0.0754. The molecule has 0 aliphatic carbocycles. The zero-order chi connectivity index (χ0) is 15.5. The zero-order valence-corrected chi connectivity index (χ0v) is 13.2. The van der Waals surface area contributed by atoms with Gasteiger partial charge in [-0.05, 0) is 24.8 Å². The van der Waals surface area contributed by atoms with Gasteiger partial charge < -0.3 is 9.47 Å². The maximum Gasteiger partial charge on any atom is 0.274 e. The smallest absolute Gasteiger partial charge is 0.274 e. The van der Waals surface area contributed by atoms with Crippen molar-refractivity contribution < 1.29 is 4.79 Å². The number of nitrogens with one attached hydrogen (secondary N) is 1. The lowest BCUT2D eigenvalue weighted by atomic mass is 9.99. The summed E-state index contributed by atoms with van der Waals surface area (Å²) in [6, 6.07) is 1.87. The predicted molar refractivity (Wildman–Crippen MR) is 83.6 cm³/mol. The standard InChI is InChI=1S/C16H23N5O/c1-3-4-13-9-14(19-18-13)16(22)20(2)10-12-5-6-15-17-7-8-21(15)11-12/h7-9,12H,3-6,10-11H2,1-2H3,(H,18,19)/t12-/m0/s1. The molecule has 0 fully saturated rings. The topological polar surface area (TPSA) is 66.8 Å². The molecule has 0 radical (unpaired) electrons. The molecule has 22 heavy (non-hydrogen) atoms. The third-order valence-corrected chi connectivity index (χ3v) is 4.28. The summed E-state index contributed by atoms with van der Waals surface area (Å²) in [6.45, 7) is 3.81. The van der Waals surface area contributed by atoms with Crippen LogP contribution >= 0.6 is 0 Å². The van der Waals surface area contributed by atoms with E-state index < -0.39 is 0 Å². The first-order valence-corrected chi connectivity index (χ1v) is 7.97. The van der Waals surface area contributed by atoms with Crippen LogP contribution in [0.3, 0.4) is 0 Å². The van der Waals surface area contributed by atoms with E-state index in [1.54, 1.807) is 4.90 Å². The lowest BCUT2D eigenvalue weighted by Crippen LogP contribution is -2.35. The van der Waals surface area contributed by atoms with Crippen molar-refractivity contribution in [2.45, 2.75) is 39.2 Å². The first kappa shape index (κ1) is 14.8. The number of rotatable bonds is 5. The van der Waals surface area contributed by atoms with Gasteiger partial charge in [0.1, 0.15) is 11.5 Å². The van der Waals surface area contributed by atoms with Gasteiger partial charge in [-0.1, -0.05) is 13.3 Å². The molecule has 1 atom stereocenters.